The maximum atomic E-state index is 13.8. The van der Waals surface area contributed by atoms with Crippen molar-refractivity contribution in [2.75, 3.05) is 19.6 Å². The Kier molecular flexibility index (Phi) is 7.42. The van der Waals surface area contributed by atoms with Crippen LogP contribution < -0.4 is 5.32 Å². The van der Waals surface area contributed by atoms with E-state index in [4.69, 9.17) is 0 Å². The number of halogens is 2. The number of hydrogen-bond donors (Lipinski definition) is 1. The van der Waals surface area contributed by atoms with Crippen LogP contribution in [0.5, 0.6) is 0 Å². The van der Waals surface area contributed by atoms with E-state index in [1.54, 1.807) is 6.08 Å². The Balaban J connectivity index is 1.49. The van der Waals surface area contributed by atoms with E-state index in [2.05, 4.69) is 17.1 Å². The molecule has 27 heavy (non-hydrogen) atoms. The van der Waals surface area contributed by atoms with Gasteiger partial charge in [0.1, 0.15) is 11.6 Å². The van der Waals surface area contributed by atoms with Gasteiger partial charge < -0.3 is 5.32 Å². The second-order valence-corrected chi connectivity index (χ2v) is 8.46. The largest absolute Gasteiger partial charge is 0.311 e. The molecule has 1 heterocycles. The van der Waals surface area contributed by atoms with E-state index >= 15 is 0 Å². The Bertz CT molecular complexity index is 637. The smallest absolute Gasteiger partial charge is 0.133 e. The summed E-state index contributed by atoms with van der Waals surface area (Å²) in [5, 5.41) is 3.56. The molecule has 2 nitrogen and oxygen atoms in total. The highest BCUT2D eigenvalue weighted by Gasteiger charge is 2.32. The predicted octanol–water partition coefficient (Wildman–Crippen LogP) is 5.39. The molecule has 4 heteroatoms. The second kappa shape index (κ2) is 9.79. The summed E-state index contributed by atoms with van der Waals surface area (Å²) in [6, 6.07) is 5.04. The lowest BCUT2D eigenvalue weighted by Gasteiger charge is -2.38. The molecule has 0 radical (unpaired) electrons. The Hall–Kier alpha value is -1.26. The first kappa shape index (κ1) is 20.5. The van der Waals surface area contributed by atoms with Crippen LogP contribution in [0.25, 0.3) is 6.08 Å². The van der Waals surface area contributed by atoms with Crippen LogP contribution in [0.3, 0.4) is 0 Å². The molecule has 0 aromatic heterocycles. The molecular weight excluding hydrogens is 342 g/mol. The highest BCUT2D eigenvalue weighted by molar-refractivity contribution is 5.53. The summed E-state index contributed by atoms with van der Waals surface area (Å²) >= 11 is 0. The van der Waals surface area contributed by atoms with E-state index in [0.717, 1.165) is 30.6 Å². The molecule has 0 spiro atoms. The van der Waals surface area contributed by atoms with Crippen molar-refractivity contribution in [2.45, 2.75) is 70.9 Å². The van der Waals surface area contributed by atoms with Crippen molar-refractivity contribution in [3.05, 3.63) is 41.0 Å². The van der Waals surface area contributed by atoms with Gasteiger partial charge in [-0.05, 0) is 64.1 Å². The van der Waals surface area contributed by atoms with Crippen molar-refractivity contribution in [1.29, 1.82) is 0 Å². The molecule has 1 aliphatic carbocycles. The number of rotatable bonds is 7. The third-order valence-electron chi connectivity index (χ3n) is 6.43. The molecule has 2 atom stereocenters. The Morgan fingerprint density at radius 3 is 2.70 bits per heavy atom. The van der Waals surface area contributed by atoms with Gasteiger partial charge in [0, 0.05) is 36.8 Å². The maximum Gasteiger partial charge on any atom is 0.133 e. The van der Waals surface area contributed by atoms with Crippen molar-refractivity contribution in [3.63, 3.8) is 0 Å². The molecule has 150 valence electrons. The van der Waals surface area contributed by atoms with Gasteiger partial charge in [-0.3, -0.25) is 4.90 Å². The third-order valence-corrected chi connectivity index (χ3v) is 6.43. The van der Waals surface area contributed by atoms with Gasteiger partial charge in [-0.1, -0.05) is 30.9 Å². The van der Waals surface area contributed by atoms with Crippen LogP contribution in [-0.4, -0.2) is 36.6 Å². The number of benzene rings is 1. The molecule has 1 aromatic rings. The van der Waals surface area contributed by atoms with Crippen LogP contribution >= 0.6 is 0 Å². The maximum absolute atomic E-state index is 13.8. The summed E-state index contributed by atoms with van der Waals surface area (Å²) in [5.74, 6) is -0.172. The van der Waals surface area contributed by atoms with Gasteiger partial charge in [-0.25, -0.2) is 8.78 Å². The van der Waals surface area contributed by atoms with Crippen molar-refractivity contribution >= 4 is 6.08 Å². The molecule has 1 aromatic carbocycles. The fourth-order valence-corrected chi connectivity index (χ4v) is 4.87. The molecule has 3 rings (SSSR count). The van der Waals surface area contributed by atoms with Crippen LogP contribution in [0.4, 0.5) is 8.78 Å². The highest BCUT2D eigenvalue weighted by Crippen LogP contribution is 2.32. The van der Waals surface area contributed by atoms with Crippen LogP contribution in [0.2, 0.25) is 0 Å². The van der Waals surface area contributed by atoms with Gasteiger partial charge in [0.2, 0.25) is 0 Å². The number of hydrogen-bond acceptors (Lipinski definition) is 2. The standard InChI is InChI=1S/C23H34F2N2/c1-17(13-20-10-11-21(24)14-23(20)25)15-26-16-22-9-6-12-27(22)18(2)19-7-4-3-5-8-19/h10-11,13-14,18-19,22,26H,3-9,12,15-16H2,1-2H3/b17-13+. The molecule has 2 unspecified atom stereocenters. The highest BCUT2D eigenvalue weighted by atomic mass is 19.1. The van der Waals surface area contributed by atoms with Crippen molar-refractivity contribution in [2.24, 2.45) is 5.92 Å². The zero-order valence-electron chi connectivity index (χ0n) is 16.8. The lowest BCUT2D eigenvalue weighted by atomic mass is 9.84. The van der Waals surface area contributed by atoms with Gasteiger partial charge >= 0.3 is 0 Å². The lowest BCUT2D eigenvalue weighted by Crippen LogP contribution is -2.46. The first-order valence-electron chi connectivity index (χ1n) is 10.6. The minimum Gasteiger partial charge on any atom is -0.311 e. The number of likely N-dealkylation sites (tertiary alicyclic amines) is 1. The topological polar surface area (TPSA) is 15.3 Å². The number of nitrogens with zero attached hydrogens (tertiary/aromatic N) is 1. The van der Waals surface area contributed by atoms with E-state index in [1.807, 2.05) is 6.92 Å². The first-order valence-corrected chi connectivity index (χ1v) is 10.6. The zero-order valence-corrected chi connectivity index (χ0v) is 16.8. The lowest BCUT2D eigenvalue weighted by molar-refractivity contribution is 0.117. The van der Waals surface area contributed by atoms with Crippen molar-refractivity contribution in [3.8, 4) is 0 Å². The van der Waals surface area contributed by atoms with Crippen molar-refractivity contribution < 1.29 is 8.78 Å². The summed E-state index contributed by atoms with van der Waals surface area (Å²) in [4.78, 5) is 2.72. The fraction of sp³-hybridized carbons (Fsp3) is 0.652. The van der Waals surface area contributed by atoms with E-state index < -0.39 is 11.6 Å². The van der Waals surface area contributed by atoms with Gasteiger partial charge in [-0.2, -0.15) is 0 Å². The van der Waals surface area contributed by atoms with Gasteiger partial charge in [-0.15, -0.1) is 0 Å². The summed E-state index contributed by atoms with van der Waals surface area (Å²) in [5.41, 5.74) is 1.51. The molecule has 2 fully saturated rings. The fourth-order valence-electron chi connectivity index (χ4n) is 4.87. The summed E-state index contributed by atoms with van der Waals surface area (Å²) in [7, 11) is 0. The average Bonchev–Trinajstić information content (AvgIpc) is 3.12. The molecule has 1 saturated heterocycles. The van der Waals surface area contributed by atoms with Crippen LogP contribution in [0.15, 0.2) is 23.8 Å². The van der Waals surface area contributed by atoms with E-state index in [0.29, 0.717) is 17.6 Å². The summed E-state index contributed by atoms with van der Waals surface area (Å²) in [6.45, 7) is 7.36. The monoisotopic (exact) mass is 376 g/mol. The van der Waals surface area contributed by atoms with E-state index in [-0.39, 0.29) is 0 Å². The van der Waals surface area contributed by atoms with E-state index in [9.17, 15) is 8.78 Å². The summed E-state index contributed by atoms with van der Waals surface area (Å²) < 4.78 is 26.8. The minimum absolute atomic E-state index is 0.448. The molecule has 1 aliphatic heterocycles. The third kappa shape index (κ3) is 5.61. The average molecular weight is 377 g/mol. The first-order chi connectivity index (χ1) is 13.0. The van der Waals surface area contributed by atoms with Gasteiger partial charge in [0.15, 0.2) is 0 Å². The normalized spacial score (nSPS) is 23.7. The Morgan fingerprint density at radius 1 is 1.19 bits per heavy atom. The SMILES string of the molecule is C/C(=C\c1ccc(F)cc1F)CNCC1CCCN1C(C)C1CCCCC1. The predicted molar refractivity (Wildman–Crippen MR) is 109 cm³/mol. The van der Waals surface area contributed by atoms with Crippen LogP contribution in [-0.2, 0) is 0 Å². The molecule has 0 amide bonds. The molecule has 1 saturated carbocycles. The minimum atomic E-state index is -0.533. The molecule has 1 N–H and O–H groups in total. The summed E-state index contributed by atoms with van der Waals surface area (Å²) in [6.07, 6.45) is 11.4. The van der Waals surface area contributed by atoms with Gasteiger partial charge in [0.25, 0.3) is 0 Å². The molecule has 2 aliphatic rings. The zero-order chi connectivity index (χ0) is 19.2. The molecule has 0 bridgehead atoms. The van der Waals surface area contributed by atoms with Crippen molar-refractivity contribution in [1.82, 2.24) is 10.2 Å². The van der Waals surface area contributed by atoms with Gasteiger partial charge in [0.05, 0.1) is 0 Å². The quantitative estimate of drug-likeness (QED) is 0.686. The second-order valence-electron chi connectivity index (χ2n) is 8.46. The number of nitrogens with one attached hydrogen (secondary N) is 1. The van der Waals surface area contributed by atoms with E-state index in [1.165, 1.54) is 63.6 Å². The molecular formula is C23H34F2N2. The Labute approximate surface area is 163 Å². The van der Waals surface area contributed by atoms with Crippen LogP contribution in [0, 0.1) is 17.6 Å². The van der Waals surface area contributed by atoms with Crippen LogP contribution in [0.1, 0.15) is 64.4 Å². The Morgan fingerprint density at radius 2 is 1.96 bits per heavy atom.